The molecule has 3 rings (SSSR count). The predicted molar refractivity (Wildman–Crippen MR) is 142 cm³/mol. The summed E-state index contributed by atoms with van der Waals surface area (Å²) >= 11 is 5.88. The Morgan fingerprint density at radius 2 is 1.71 bits per heavy atom. The minimum Gasteiger partial charge on any atom is -0.368 e. The van der Waals surface area contributed by atoms with Gasteiger partial charge in [0.25, 0.3) is 5.91 Å². The summed E-state index contributed by atoms with van der Waals surface area (Å²) in [6.07, 6.45) is 1.92. The lowest BCUT2D eigenvalue weighted by Gasteiger charge is -2.34. The molecule has 2 aromatic carbocycles. The van der Waals surface area contributed by atoms with Crippen LogP contribution in [0.15, 0.2) is 60.8 Å². The number of nitrogens with zero attached hydrogens (tertiary/aromatic N) is 3. The topological polar surface area (TPSA) is 82.6 Å². The number of amides is 2. The van der Waals surface area contributed by atoms with Crippen molar-refractivity contribution in [1.29, 1.82) is 0 Å². The van der Waals surface area contributed by atoms with Gasteiger partial charge < -0.3 is 19.9 Å². The minimum atomic E-state index is -1.54. The van der Waals surface area contributed by atoms with Crippen LogP contribution in [-0.4, -0.2) is 49.3 Å². The third kappa shape index (κ3) is 6.93. The first kappa shape index (κ1) is 28.3. The molecule has 0 fully saturated rings. The van der Waals surface area contributed by atoms with Crippen molar-refractivity contribution in [2.45, 2.75) is 18.9 Å². The second kappa shape index (κ2) is 12.8. The fraction of sp³-hybridized carbons (Fsp3) is 0.214. The van der Waals surface area contributed by atoms with E-state index in [0.29, 0.717) is 23.9 Å². The molecule has 0 saturated carbocycles. The summed E-state index contributed by atoms with van der Waals surface area (Å²) in [5.74, 6) is 3.38. The van der Waals surface area contributed by atoms with E-state index in [9.17, 15) is 23.2 Å². The molecule has 0 aliphatic carbocycles. The Hall–Kier alpha value is -4.29. The number of rotatable bonds is 10. The van der Waals surface area contributed by atoms with Gasteiger partial charge in [-0.1, -0.05) is 41.6 Å². The van der Waals surface area contributed by atoms with E-state index in [1.165, 1.54) is 42.1 Å². The summed E-state index contributed by atoms with van der Waals surface area (Å²) in [4.78, 5) is 42.4. The quantitative estimate of drug-likeness (QED) is 0.240. The lowest BCUT2D eigenvalue weighted by molar-refractivity contribution is -0.129. The van der Waals surface area contributed by atoms with E-state index in [2.05, 4.69) is 22.1 Å². The maximum atomic E-state index is 15.0. The molecule has 1 unspecified atom stereocenters. The van der Waals surface area contributed by atoms with Gasteiger partial charge in [0, 0.05) is 37.7 Å². The molecular weight excluding hydrogens is 514 g/mol. The second-order valence-corrected chi connectivity index (χ2v) is 8.97. The second-order valence-electron chi connectivity index (χ2n) is 8.59. The first-order valence-electron chi connectivity index (χ1n) is 11.5. The van der Waals surface area contributed by atoms with Crippen molar-refractivity contribution >= 4 is 41.6 Å². The van der Waals surface area contributed by atoms with Crippen molar-refractivity contribution in [2.24, 2.45) is 0 Å². The van der Waals surface area contributed by atoms with Gasteiger partial charge >= 0.3 is 0 Å². The first-order chi connectivity index (χ1) is 18.2. The maximum Gasteiger partial charge on any atom is 0.252 e. The summed E-state index contributed by atoms with van der Waals surface area (Å²) in [7, 11) is 1.48. The highest BCUT2D eigenvalue weighted by Gasteiger charge is 2.37. The fourth-order valence-corrected chi connectivity index (χ4v) is 3.82. The molecule has 38 heavy (non-hydrogen) atoms. The zero-order chi connectivity index (χ0) is 27.7. The smallest absolute Gasteiger partial charge is 0.252 e. The number of halogens is 3. The van der Waals surface area contributed by atoms with Crippen LogP contribution in [0.1, 0.15) is 24.5 Å². The summed E-state index contributed by atoms with van der Waals surface area (Å²) in [6.45, 7) is 1.35. The molecule has 7 nitrogen and oxygen atoms in total. The number of nitrogens with one attached hydrogen (secondary N) is 1. The van der Waals surface area contributed by atoms with Crippen LogP contribution in [0, 0.1) is 23.5 Å². The zero-order valence-corrected chi connectivity index (χ0v) is 21.5. The van der Waals surface area contributed by atoms with E-state index in [1.54, 1.807) is 12.1 Å². The molecule has 1 N–H and O–H groups in total. The highest BCUT2D eigenvalue weighted by molar-refractivity contribution is 6.29. The molecule has 1 aromatic heterocycles. The van der Waals surface area contributed by atoms with Crippen LogP contribution in [0.25, 0.3) is 0 Å². The molecule has 0 bridgehead atoms. The molecule has 0 radical (unpaired) electrons. The number of benzene rings is 2. The Morgan fingerprint density at radius 1 is 1.05 bits per heavy atom. The highest BCUT2D eigenvalue weighted by atomic mass is 35.5. The standard InChI is InChI=1S/C28H25ClF2N4O3/c1-28(12-15-36,33-19-37)27(38)35(22-10-11-25(29)32-18-22)14-13-34(2)26-23(30)16-21(17-24(26)31)9-8-20-6-4-3-5-7-20/h3-7,10-11,15-19H,12-14H2,1-2H3,(H,33,37). The van der Waals surface area contributed by atoms with Crippen molar-refractivity contribution < 1.29 is 23.2 Å². The summed E-state index contributed by atoms with van der Waals surface area (Å²) in [6, 6.07) is 14.3. The monoisotopic (exact) mass is 538 g/mol. The third-order valence-corrected chi connectivity index (χ3v) is 6.02. The summed E-state index contributed by atoms with van der Waals surface area (Å²) in [5, 5.41) is 2.59. The Balaban J connectivity index is 1.85. The van der Waals surface area contributed by atoms with Crippen molar-refractivity contribution in [2.75, 3.05) is 29.9 Å². The molecule has 10 heteroatoms. The van der Waals surface area contributed by atoms with Crippen LogP contribution < -0.4 is 15.1 Å². The van der Waals surface area contributed by atoms with Gasteiger partial charge in [-0.2, -0.15) is 0 Å². The Kier molecular flexibility index (Phi) is 9.52. The Morgan fingerprint density at radius 3 is 2.29 bits per heavy atom. The normalized spacial score (nSPS) is 11.9. The molecule has 1 atom stereocenters. The van der Waals surface area contributed by atoms with Gasteiger partial charge in [-0.3, -0.25) is 9.59 Å². The van der Waals surface area contributed by atoms with Gasteiger partial charge in [0.15, 0.2) is 11.6 Å². The fourth-order valence-electron chi connectivity index (χ4n) is 3.71. The number of aromatic nitrogens is 1. The van der Waals surface area contributed by atoms with E-state index in [-0.39, 0.29) is 35.9 Å². The molecule has 0 aliphatic rings. The van der Waals surface area contributed by atoms with Crippen molar-refractivity contribution in [1.82, 2.24) is 10.3 Å². The number of pyridine rings is 1. The Labute approximate surface area is 224 Å². The molecule has 0 aliphatic heterocycles. The van der Waals surface area contributed by atoms with Crippen LogP contribution in [0.5, 0.6) is 0 Å². The van der Waals surface area contributed by atoms with E-state index >= 15 is 0 Å². The lowest BCUT2D eigenvalue weighted by atomic mass is 9.96. The molecule has 0 spiro atoms. The van der Waals surface area contributed by atoms with E-state index in [0.717, 1.165) is 12.1 Å². The van der Waals surface area contributed by atoms with Gasteiger partial charge in [0.05, 0.1) is 11.9 Å². The van der Waals surface area contributed by atoms with Crippen LogP contribution in [0.3, 0.4) is 0 Å². The summed E-state index contributed by atoms with van der Waals surface area (Å²) in [5.41, 5.74) is -0.628. The number of carbonyl (C=O) groups is 3. The molecule has 0 saturated heterocycles. The van der Waals surface area contributed by atoms with Gasteiger partial charge in [-0.15, -0.1) is 0 Å². The zero-order valence-electron chi connectivity index (χ0n) is 20.7. The first-order valence-corrected chi connectivity index (χ1v) is 11.9. The number of hydrogen-bond donors (Lipinski definition) is 1. The number of hydrogen-bond acceptors (Lipinski definition) is 5. The van der Waals surface area contributed by atoms with Crippen LogP contribution in [-0.2, 0) is 14.4 Å². The molecule has 196 valence electrons. The van der Waals surface area contributed by atoms with Gasteiger partial charge in [0.1, 0.15) is 22.7 Å². The SMILES string of the molecule is CN(CCN(C(=O)C(C)(CC=O)NC=O)c1ccc(Cl)nc1)c1c(F)cc(C#Cc2ccccc2)cc1F. The Bertz CT molecular complexity index is 1330. The van der Waals surface area contributed by atoms with Crippen LogP contribution >= 0.6 is 11.6 Å². The molecule has 1 heterocycles. The summed E-state index contributed by atoms with van der Waals surface area (Å²) < 4.78 is 30.0. The van der Waals surface area contributed by atoms with Gasteiger partial charge in [-0.05, 0) is 43.3 Å². The minimum absolute atomic E-state index is 0.00446. The predicted octanol–water partition coefficient (Wildman–Crippen LogP) is 3.98. The lowest BCUT2D eigenvalue weighted by Crippen LogP contribution is -2.57. The van der Waals surface area contributed by atoms with E-state index < -0.39 is 23.1 Å². The molecule has 3 aromatic rings. The van der Waals surface area contributed by atoms with Crippen LogP contribution in [0.2, 0.25) is 5.15 Å². The van der Waals surface area contributed by atoms with Gasteiger partial charge in [-0.25, -0.2) is 13.8 Å². The highest BCUT2D eigenvalue weighted by Crippen LogP contribution is 2.25. The van der Waals surface area contributed by atoms with Crippen LogP contribution in [0.4, 0.5) is 20.2 Å². The number of carbonyl (C=O) groups excluding carboxylic acids is 3. The van der Waals surface area contributed by atoms with E-state index in [4.69, 9.17) is 11.6 Å². The van der Waals surface area contributed by atoms with Crippen molar-refractivity contribution in [3.63, 3.8) is 0 Å². The molecular formula is C28H25ClF2N4O3. The van der Waals surface area contributed by atoms with E-state index in [1.807, 2.05) is 18.2 Å². The average Bonchev–Trinajstić information content (AvgIpc) is 2.89. The molecule has 2 amide bonds. The largest absolute Gasteiger partial charge is 0.368 e. The number of likely N-dealkylation sites (N-methyl/N-ethyl adjacent to an activating group) is 1. The average molecular weight is 539 g/mol. The van der Waals surface area contributed by atoms with Crippen molar-refractivity contribution in [3.8, 4) is 11.8 Å². The van der Waals surface area contributed by atoms with Crippen molar-refractivity contribution in [3.05, 3.63) is 88.7 Å². The number of anilines is 2. The van der Waals surface area contributed by atoms with Gasteiger partial charge in [0.2, 0.25) is 6.41 Å². The third-order valence-electron chi connectivity index (χ3n) is 5.79. The number of aldehydes is 1. The maximum absolute atomic E-state index is 15.0.